The molecule has 0 bridgehead atoms. The predicted octanol–water partition coefficient (Wildman–Crippen LogP) is 3.31. The highest BCUT2D eigenvalue weighted by Crippen LogP contribution is 2.34. The molecular formula is C21H31F3N2O3. The van der Waals surface area contributed by atoms with Crippen molar-refractivity contribution in [1.29, 1.82) is 0 Å². The maximum Gasteiger partial charge on any atom is 0.391 e. The van der Waals surface area contributed by atoms with E-state index >= 15 is 0 Å². The first-order chi connectivity index (χ1) is 13.8. The number of β-amino-alcohol motifs (C(OH)–C–C–N with tert-alkyl or cyclic N) is 1. The molecule has 2 saturated heterocycles. The van der Waals surface area contributed by atoms with Gasteiger partial charge in [-0.1, -0.05) is 6.07 Å². The maximum absolute atomic E-state index is 12.8. The van der Waals surface area contributed by atoms with Crippen LogP contribution in [0.1, 0.15) is 31.2 Å². The number of piperidine rings is 1. The van der Waals surface area contributed by atoms with Crippen LogP contribution in [0.2, 0.25) is 0 Å². The zero-order valence-electron chi connectivity index (χ0n) is 17.0. The van der Waals surface area contributed by atoms with Crippen molar-refractivity contribution in [3.8, 4) is 11.5 Å². The average Bonchev–Trinajstić information content (AvgIpc) is 3.19. The number of halogens is 3. The Morgan fingerprint density at radius 3 is 2.38 bits per heavy atom. The number of nitrogens with zero attached hydrogens (tertiary/aromatic N) is 2. The molecule has 2 heterocycles. The highest BCUT2D eigenvalue weighted by Gasteiger charge is 2.41. The molecule has 8 heteroatoms. The van der Waals surface area contributed by atoms with Crippen LogP contribution in [-0.4, -0.2) is 73.6 Å². The monoisotopic (exact) mass is 416 g/mol. The minimum Gasteiger partial charge on any atom is -0.493 e. The van der Waals surface area contributed by atoms with Gasteiger partial charge in [0.05, 0.1) is 13.0 Å². The Morgan fingerprint density at radius 1 is 1.07 bits per heavy atom. The summed E-state index contributed by atoms with van der Waals surface area (Å²) in [5.74, 6) is -0.0397. The van der Waals surface area contributed by atoms with Gasteiger partial charge in [0.1, 0.15) is 12.7 Å². The first-order valence-electron chi connectivity index (χ1n) is 10.3. The minimum atomic E-state index is -4.12. The van der Waals surface area contributed by atoms with E-state index < -0.39 is 18.2 Å². The second kappa shape index (κ2) is 10.00. The van der Waals surface area contributed by atoms with Gasteiger partial charge in [0.15, 0.2) is 11.5 Å². The van der Waals surface area contributed by atoms with E-state index in [0.29, 0.717) is 31.1 Å². The van der Waals surface area contributed by atoms with Gasteiger partial charge in [-0.25, -0.2) is 0 Å². The van der Waals surface area contributed by atoms with Gasteiger partial charge in [0, 0.05) is 13.1 Å². The predicted molar refractivity (Wildman–Crippen MR) is 104 cm³/mol. The Bertz CT molecular complexity index is 643. The summed E-state index contributed by atoms with van der Waals surface area (Å²) >= 11 is 0. The van der Waals surface area contributed by atoms with Crippen molar-refractivity contribution in [3.05, 3.63) is 23.8 Å². The molecule has 0 radical (unpaired) electrons. The Morgan fingerprint density at radius 2 is 1.76 bits per heavy atom. The summed E-state index contributed by atoms with van der Waals surface area (Å²) in [6, 6.07) is 5.83. The molecule has 0 aliphatic carbocycles. The number of aliphatic hydroxyl groups excluding tert-OH is 1. The lowest BCUT2D eigenvalue weighted by Gasteiger charge is -2.33. The molecule has 29 heavy (non-hydrogen) atoms. The molecule has 0 spiro atoms. The fourth-order valence-corrected chi connectivity index (χ4v) is 4.11. The van der Waals surface area contributed by atoms with Crippen LogP contribution in [0.3, 0.4) is 0 Å². The number of methoxy groups -OCH3 is 1. The summed E-state index contributed by atoms with van der Waals surface area (Å²) in [5.41, 5.74) is 1.13. The summed E-state index contributed by atoms with van der Waals surface area (Å²) < 4.78 is 49.5. The van der Waals surface area contributed by atoms with Gasteiger partial charge in [-0.2, -0.15) is 13.2 Å². The third kappa shape index (κ3) is 6.49. The lowest BCUT2D eigenvalue weighted by atomic mass is 9.96. The van der Waals surface area contributed by atoms with E-state index in [4.69, 9.17) is 9.47 Å². The van der Waals surface area contributed by atoms with Crippen LogP contribution in [0.15, 0.2) is 18.2 Å². The minimum absolute atomic E-state index is 0.0721. The summed E-state index contributed by atoms with van der Waals surface area (Å²) in [6.45, 7) is 4.13. The van der Waals surface area contributed by atoms with E-state index in [1.54, 1.807) is 7.11 Å². The van der Waals surface area contributed by atoms with Gasteiger partial charge >= 0.3 is 6.18 Å². The second-order valence-corrected chi connectivity index (χ2v) is 8.05. The third-order valence-corrected chi connectivity index (χ3v) is 5.78. The van der Waals surface area contributed by atoms with Gasteiger partial charge in [0.2, 0.25) is 0 Å². The molecular weight excluding hydrogens is 385 g/mol. The number of rotatable bonds is 8. The Kier molecular flexibility index (Phi) is 7.65. The van der Waals surface area contributed by atoms with Crippen LogP contribution < -0.4 is 9.47 Å². The molecule has 0 amide bonds. The molecule has 3 rings (SSSR count). The van der Waals surface area contributed by atoms with E-state index in [2.05, 4.69) is 4.90 Å². The van der Waals surface area contributed by atoms with Crippen LogP contribution in [0, 0.1) is 5.92 Å². The number of likely N-dealkylation sites (tertiary alicyclic amines) is 2. The van der Waals surface area contributed by atoms with Gasteiger partial charge in [-0.3, -0.25) is 4.90 Å². The Balaban J connectivity index is 1.48. The zero-order valence-corrected chi connectivity index (χ0v) is 17.0. The zero-order chi connectivity index (χ0) is 20.9. The molecule has 2 fully saturated rings. The highest BCUT2D eigenvalue weighted by atomic mass is 19.4. The molecule has 1 aromatic carbocycles. The van der Waals surface area contributed by atoms with Crippen molar-refractivity contribution < 1.29 is 27.8 Å². The molecule has 164 valence electrons. The van der Waals surface area contributed by atoms with Crippen molar-refractivity contribution >= 4 is 0 Å². The normalized spacial score (nSPS) is 20.7. The van der Waals surface area contributed by atoms with Crippen LogP contribution >= 0.6 is 0 Å². The van der Waals surface area contributed by atoms with Crippen molar-refractivity contribution in [2.45, 2.75) is 44.5 Å². The fraction of sp³-hybridized carbons (Fsp3) is 0.714. The van der Waals surface area contributed by atoms with Gasteiger partial charge in [-0.15, -0.1) is 0 Å². The number of aliphatic hydroxyl groups is 1. The van der Waals surface area contributed by atoms with Crippen LogP contribution in [0.4, 0.5) is 13.2 Å². The number of hydrogen-bond donors (Lipinski definition) is 1. The summed E-state index contributed by atoms with van der Waals surface area (Å²) in [7, 11) is 1.57. The van der Waals surface area contributed by atoms with E-state index in [1.807, 2.05) is 23.1 Å². The molecule has 1 N–H and O–H groups in total. The average molecular weight is 416 g/mol. The van der Waals surface area contributed by atoms with Crippen LogP contribution in [0.25, 0.3) is 0 Å². The Labute approximate surface area is 170 Å². The summed E-state index contributed by atoms with van der Waals surface area (Å²) in [4.78, 5) is 4.27. The van der Waals surface area contributed by atoms with E-state index in [-0.39, 0.29) is 19.4 Å². The number of ether oxygens (including phenoxy) is 2. The van der Waals surface area contributed by atoms with E-state index in [1.165, 1.54) is 12.8 Å². The highest BCUT2D eigenvalue weighted by molar-refractivity contribution is 5.43. The SMILES string of the molecule is COc1ccc(CN2CCCC2)cc1OCC(O)CN1CCC(C(F)(F)F)CC1. The first kappa shape index (κ1) is 22.2. The summed E-state index contributed by atoms with van der Waals surface area (Å²) in [6.07, 6.45) is -2.26. The standard InChI is InChI=1S/C21H31F3N2O3/c1-28-19-5-4-16(13-25-8-2-3-9-25)12-20(19)29-15-18(27)14-26-10-6-17(7-11-26)21(22,23)24/h4-5,12,17-18,27H,2-3,6-11,13-15H2,1H3. The number of benzene rings is 1. The molecule has 0 saturated carbocycles. The van der Waals surface area contributed by atoms with Gasteiger partial charge in [-0.05, 0) is 69.6 Å². The fourth-order valence-electron chi connectivity index (χ4n) is 4.11. The first-order valence-corrected chi connectivity index (χ1v) is 10.3. The Hall–Kier alpha value is -1.51. The van der Waals surface area contributed by atoms with Gasteiger partial charge < -0.3 is 19.5 Å². The van der Waals surface area contributed by atoms with Gasteiger partial charge in [0.25, 0.3) is 0 Å². The largest absolute Gasteiger partial charge is 0.493 e. The molecule has 2 aliphatic rings. The molecule has 1 unspecified atom stereocenters. The van der Waals surface area contributed by atoms with Crippen molar-refractivity contribution in [1.82, 2.24) is 9.80 Å². The smallest absolute Gasteiger partial charge is 0.391 e. The number of hydrogen-bond acceptors (Lipinski definition) is 5. The molecule has 5 nitrogen and oxygen atoms in total. The van der Waals surface area contributed by atoms with Crippen molar-refractivity contribution in [3.63, 3.8) is 0 Å². The quantitative estimate of drug-likeness (QED) is 0.705. The lowest BCUT2D eigenvalue weighted by molar-refractivity contribution is -0.185. The lowest BCUT2D eigenvalue weighted by Crippen LogP contribution is -2.43. The molecule has 2 aliphatic heterocycles. The topological polar surface area (TPSA) is 45.2 Å². The summed E-state index contributed by atoms with van der Waals surface area (Å²) in [5, 5.41) is 10.3. The van der Waals surface area contributed by atoms with Crippen LogP contribution in [-0.2, 0) is 6.54 Å². The van der Waals surface area contributed by atoms with Crippen molar-refractivity contribution in [2.24, 2.45) is 5.92 Å². The van der Waals surface area contributed by atoms with Crippen molar-refractivity contribution in [2.75, 3.05) is 46.4 Å². The second-order valence-electron chi connectivity index (χ2n) is 8.05. The molecule has 1 aromatic rings. The maximum atomic E-state index is 12.8. The third-order valence-electron chi connectivity index (χ3n) is 5.78. The number of alkyl halides is 3. The van der Waals surface area contributed by atoms with E-state index in [9.17, 15) is 18.3 Å². The molecule has 1 atom stereocenters. The van der Waals surface area contributed by atoms with Crippen LogP contribution in [0.5, 0.6) is 11.5 Å². The molecule has 0 aromatic heterocycles. The van der Waals surface area contributed by atoms with E-state index in [0.717, 1.165) is 25.2 Å².